The Balaban J connectivity index is 1.39. The number of nitro groups is 1. The fraction of sp³-hybridized carbons (Fsp3) is 0.333. The zero-order valence-electron chi connectivity index (χ0n) is 16.5. The number of carbonyl (C=O) groups excluding carboxylic acids is 2. The molecule has 2 aromatic carbocycles. The van der Waals surface area contributed by atoms with E-state index in [2.05, 4.69) is 12.1 Å². The molecule has 2 aliphatic rings. The van der Waals surface area contributed by atoms with Crippen LogP contribution in [0.2, 0.25) is 0 Å². The maximum Gasteiger partial charge on any atom is 0.271 e. The molecule has 1 saturated heterocycles. The van der Waals surface area contributed by atoms with E-state index in [1.54, 1.807) is 4.90 Å². The normalized spacial score (nSPS) is 16.7. The molecule has 2 amide bonds. The average molecular weight is 411 g/mol. The number of hydrogen-bond donors (Lipinski definition) is 1. The van der Waals surface area contributed by atoms with E-state index >= 15 is 0 Å². The summed E-state index contributed by atoms with van der Waals surface area (Å²) in [5.41, 5.74) is 1.38. The van der Waals surface area contributed by atoms with E-state index in [-0.39, 0.29) is 36.3 Å². The Morgan fingerprint density at radius 1 is 1.13 bits per heavy atom. The van der Waals surface area contributed by atoms with Crippen molar-refractivity contribution in [2.75, 3.05) is 44.2 Å². The van der Waals surface area contributed by atoms with Gasteiger partial charge in [0.1, 0.15) is 18.8 Å². The Morgan fingerprint density at radius 3 is 2.57 bits per heavy atom. The van der Waals surface area contributed by atoms with Crippen molar-refractivity contribution < 1.29 is 24.1 Å². The monoisotopic (exact) mass is 411 g/mol. The van der Waals surface area contributed by atoms with Crippen molar-refractivity contribution >= 4 is 23.2 Å². The van der Waals surface area contributed by atoms with Crippen LogP contribution in [0.15, 0.2) is 48.5 Å². The van der Waals surface area contributed by atoms with Crippen LogP contribution in [0.4, 0.5) is 11.4 Å². The second-order valence-corrected chi connectivity index (χ2v) is 7.47. The van der Waals surface area contributed by atoms with E-state index in [1.807, 2.05) is 18.2 Å². The SMILES string of the molecule is O=C(CN1C(=O)COc2ccc([N+](=O)[O-])cc21)N1CC[NH+](Cc2ccccc2)CC1. The Bertz CT molecular complexity index is 957. The minimum absolute atomic E-state index is 0.148. The molecule has 0 saturated carbocycles. The van der Waals surface area contributed by atoms with Crippen molar-refractivity contribution in [2.24, 2.45) is 0 Å². The lowest BCUT2D eigenvalue weighted by molar-refractivity contribution is -0.917. The van der Waals surface area contributed by atoms with Crippen LogP contribution in [0.5, 0.6) is 5.75 Å². The summed E-state index contributed by atoms with van der Waals surface area (Å²) >= 11 is 0. The third-order valence-electron chi connectivity index (χ3n) is 5.51. The molecule has 0 atom stereocenters. The highest BCUT2D eigenvalue weighted by Crippen LogP contribution is 2.35. The number of quaternary nitrogens is 1. The second-order valence-electron chi connectivity index (χ2n) is 7.47. The number of benzene rings is 2. The maximum absolute atomic E-state index is 12.9. The van der Waals surface area contributed by atoms with Crippen LogP contribution in [-0.4, -0.2) is 61.0 Å². The molecular weight excluding hydrogens is 388 g/mol. The van der Waals surface area contributed by atoms with Crippen molar-refractivity contribution in [3.8, 4) is 5.75 Å². The van der Waals surface area contributed by atoms with Gasteiger partial charge in [0.2, 0.25) is 5.91 Å². The number of non-ortho nitro benzene ring substituents is 1. The molecule has 0 aromatic heterocycles. The van der Waals surface area contributed by atoms with Crippen molar-refractivity contribution in [1.82, 2.24) is 4.90 Å². The number of ether oxygens (including phenoxy) is 1. The van der Waals surface area contributed by atoms with Gasteiger partial charge in [-0.25, -0.2) is 0 Å². The molecule has 2 aromatic rings. The van der Waals surface area contributed by atoms with Gasteiger partial charge >= 0.3 is 0 Å². The molecule has 0 spiro atoms. The first-order chi connectivity index (χ1) is 14.5. The van der Waals surface area contributed by atoms with Gasteiger partial charge in [0.15, 0.2) is 6.61 Å². The molecular formula is C21H23N4O5+. The van der Waals surface area contributed by atoms with Crippen LogP contribution in [0.3, 0.4) is 0 Å². The minimum atomic E-state index is -0.534. The zero-order valence-corrected chi connectivity index (χ0v) is 16.5. The number of amides is 2. The number of piperazine rings is 1. The summed E-state index contributed by atoms with van der Waals surface area (Å²) in [6, 6.07) is 14.3. The first kappa shape index (κ1) is 19.8. The Kier molecular flexibility index (Phi) is 5.62. The first-order valence-corrected chi connectivity index (χ1v) is 9.88. The van der Waals surface area contributed by atoms with Crippen molar-refractivity contribution in [2.45, 2.75) is 6.54 Å². The van der Waals surface area contributed by atoms with Crippen molar-refractivity contribution in [3.05, 3.63) is 64.2 Å². The van der Waals surface area contributed by atoms with Gasteiger partial charge in [0, 0.05) is 17.7 Å². The summed E-state index contributed by atoms with van der Waals surface area (Å²) in [7, 11) is 0. The summed E-state index contributed by atoms with van der Waals surface area (Å²) in [4.78, 5) is 40.2. The van der Waals surface area contributed by atoms with Gasteiger partial charge in [-0.15, -0.1) is 0 Å². The number of carbonyl (C=O) groups is 2. The molecule has 0 radical (unpaired) electrons. The third kappa shape index (κ3) is 4.25. The van der Waals surface area contributed by atoms with Gasteiger partial charge in [-0.05, 0) is 6.07 Å². The third-order valence-corrected chi connectivity index (χ3v) is 5.51. The predicted octanol–water partition coefficient (Wildman–Crippen LogP) is 0.248. The molecule has 1 N–H and O–H groups in total. The Hall–Kier alpha value is -3.46. The van der Waals surface area contributed by atoms with Crippen LogP contribution < -0.4 is 14.5 Å². The van der Waals surface area contributed by atoms with Crippen LogP contribution in [0.1, 0.15) is 5.56 Å². The highest BCUT2D eigenvalue weighted by atomic mass is 16.6. The van der Waals surface area contributed by atoms with Gasteiger partial charge in [0.25, 0.3) is 11.6 Å². The molecule has 1 fully saturated rings. The highest BCUT2D eigenvalue weighted by molar-refractivity contribution is 6.02. The van der Waals surface area contributed by atoms with Crippen LogP contribution in [0.25, 0.3) is 0 Å². The van der Waals surface area contributed by atoms with Gasteiger partial charge in [0.05, 0.1) is 36.8 Å². The molecule has 30 heavy (non-hydrogen) atoms. The summed E-state index contributed by atoms with van der Waals surface area (Å²) in [6.45, 7) is 3.47. The van der Waals surface area contributed by atoms with E-state index in [1.165, 1.54) is 33.6 Å². The van der Waals surface area contributed by atoms with E-state index < -0.39 is 4.92 Å². The van der Waals surface area contributed by atoms with E-state index in [9.17, 15) is 19.7 Å². The highest BCUT2D eigenvalue weighted by Gasteiger charge is 2.32. The number of anilines is 1. The molecule has 4 rings (SSSR count). The maximum atomic E-state index is 12.9. The average Bonchev–Trinajstić information content (AvgIpc) is 2.76. The molecule has 0 aliphatic carbocycles. The smallest absolute Gasteiger partial charge is 0.271 e. The number of nitrogens with zero attached hydrogens (tertiary/aromatic N) is 3. The van der Waals surface area contributed by atoms with Gasteiger partial charge in [-0.2, -0.15) is 0 Å². The second kappa shape index (κ2) is 8.50. The number of nitro benzene ring substituents is 1. The minimum Gasteiger partial charge on any atom is -0.482 e. The first-order valence-electron chi connectivity index (χ1n) is 9.88. The fourth-order valence-electron chi connectivity index (χ4n) is 3.85. The molecule has 156 valence electrons. The summed E-state index contributed by atoms with van der Waals surface area (Å²) in [6.07, 6.45) is 0. The quantitative estimate of drug-likeness (QED) is 0.562. The van der Waals surface area contributed by atoms with Gasteiger partial charge in [-0.1, -0.05) is 30.3 Å². The van der Waals surface area contributed by atoms with E-state index in [4.69, 9.17) is 4.74 Å². The fourth-order valence-corrected chi connectivity index (χ4v) is 3.85. The lowest BCUT2D eigenvalue weighted by Crippen LogP contribution is -3.13. The number of nitrogens with one attached hydrogen (secondary N) is 1. The Morgan fingerprint density at radius 2 is 1.87 bits per heavy atom. The van der Waals surface area contributed by atoms with E-state index in [0.717, 1.165) is 19.6 Å². The van der Waals surface area contributed by atoms with E-state index in [0.29, 0.717) is 18.8 Å². The van der Waals surface area contributed by atoms with Crippen LogP contribution in [-0.2, 0) is 16.1 Å². The molecule has 2 heterocycles. The standard InChI is InChI=1S/C21H22N4O5/c26-20(23-10-8-22(9-11-23)13-16-4-2-1-3-5-16)14-24-18-12-17(25(28)29)6-7-19(18)30-15-21(24)27/h1-7,12H,8-11,13-15H2/p+1. The van der Waals surface area contributed by atoms with Gasteiger partial charge < -0.3 is 14.5 Å². The number of fused-ring (bicyclic) bond motifs is 1. The summed E-state index contributed by atoms with van der Waals surface area (Å²) in [5, 5.41) is 11.1. The van der Waals surface area contributed by atoms with Crippen molar-refractivity contribution in [1.29, 1.82) is 0 Å². The lowest BCUT2D eigenvalue weighted by atomic mass is 10.2. The zero-order chi connectivity index (χ0) is 21.1. The van der Waals surface area contributed by atoms with Crippen LogP contribution >= 0.6 is 0 Å². The molecule has 0 bridgehead atoms. The molecule has 9 heteroatoms. The topological polar surface area (TPSA) is 97.4 Å². The van der Waals surface area contributed by atoms with Crippen LogP contribution in [0, 0.1) is 10.1 Å². The molecule has 9 nitrogen and oxygen atoms in total. The number of rotatable bonds is 5. The van der Waals surface area contributed by atoms with Crippen molar-refractivity contribution in [3.63, 3.8) is 0 Å². The number of hydrogen-bond acceptors (Lipinski definition) is 5. The molecule has 0 unspecified atom stereocenters. The molecule has 2 aliphatic heterocycles. The predicted molar refractivity (Wildman–Crippen MR) is 108 cm³/mol. The van der Waals surface area contributed by atoms with Gasteiger partial charge in [-0.3, -0.25) is 24.6 Å². The summed E-state index contributed by atoms with van der Waals surface area (Å²) in [5.74, 6) is -0.184. The lowest BCUT2D eigenvalue weighted by Gasteiger charge is -2.34. The summed E-state index contributed by atoms with van der Waals surface area (Å²) < 4.78 is 5.36. The largest absolute Gasteiger partial charge is 0.482 e. The Labute approximate surface area is 173 Å².